The van der Waals surface area contributed by atoms with E-state index in [9.17, 15) is 4.79 Å². The number of amides is 1. The second-order valence-corrected chi connectivity index (χ2v) is 3.34. The smallest absolute Gasteiger partial charge is 0.410 e. The third-order valence-electron chi connectivity index (χ3n) is 2.40. The second-order valence-electron chi connectivity index (χ2n) is 3.34. The largest absolute Gasteiger partial charge is 0.448 e. The molecule has 1 heterocycles. The maximum atomic E-state index is 11.2. The molecule has 1 aliphatic rings. The molecule has 4 nitrogen and oxygen atoms in total. The summed E-state index contributed by atoms with van der Waals surface area (Å²) >= 11 is 0. The molecule has 0 saturated carbocycles. The summed E-state index contributed by atoms with van der Waals surface area (Å²) in [5, 5.41) is 0. The molecule has 0 radical (unpaired) electrons. The minimum Gasteiger partial charge on any atom is -0.448 e. The predicted octanol–water partition coefficient (Wildman–Crippen LogP) is 0.956. The molecule has 0 aromatic rings. The first-order valence-electron chi connectivity index (χ1n) is 4.93. The minimum atomic E-state index is -0.202. The number of nitrogens with two attached hydrogens (primary N) is 1. The van der Waals surface area contributed by atoms with Crippen molar-refractivity contribution >= 4 is 6.09 Å². The third-order valence-corrected chi connectivity index (χ3v) is 2.40. The lowest BCUT2D eigenvalue weighted by atomic mass is 10.1. The van der Waals surface area contributed by atoms with Crippen molar-refractivity contribution in [3.05, 3.63) is 0 Å². The molecule has 1 saturated heterocycles. The molecular weight excluding hydrogens is 168 g/mol. The Balaban J connectivity index is 2.40. The van der Waals surface area contributed by atoms with Crippen LogP contribution in [0.3, 0.4) is 0 Å². The van der Waals surface area contributed by atoms with Crippen molar-refractivity contribution in [2.75, 3.05) is 19.7 Å². The van der Waals surface area contributed by atoms with Gasteiger partial charge < -0.3 is 15.4 Å². The van der Waals surface area contributed by atoms with Gasteiger partial charge in [-0.25, -0.2) is 4.79 Å². The molecule has 1 aliphatic heterocycles. The first kappa shape index (κ1) is 10.3. The zero-order valence-corrected chi connectivity index (χ0v) is 8.16. The molecular formula is C9H18N2O2. The molecule has 1 unspecified atom stereocenters. The van der Waals surface area contributed by atoms with Gasteiger partial charge in [0.2, 0.25) is 0 Å². The second kappa shape index (κ2) is 5.07. The van der Waals surface area contributed by atoms with Crippen molar-refractivity contribution in [3.63, 3.8) is 0 Å². The van der Waals surface area contributed by atoms with Crippen LogP contribution in [0, 0.1) is 0 Å². The summed E-state index contributed by atoms with van der Waals surface area (Å²) in [6, 6.07) is 0.176. The van der Waals surface area contributed by atoms with Crippen molar-refractivity contribution in [1.82, 2.24) is 4.90 Å². The van der Waals surface area contributed by atoms with E-state index in [0.29, 0.717) is 19.7 Å². The first-order valence-corrected chi connectivity index (χ1v) is 4.93. The highest BCUT2D eigenvalue weighted by molar-refractivity contribution is 5.69. The fourth-order valence-electron chi connectivity index (χ4n) is 1.58. The van der Waals surface area contributed by atoms with E-state index in [2.05, 4.69) is 6.92 Å². The van der Waals surface area contributed by atoms with Crippen LogP contribution in [0.25, 0.3) is 0 Å². The molecule has 1 amide bonds. The van der Waals surface area contributed by atoms with Gasteiger partial charge in [0, 0.05) is 12.6 Å². The van der Waals surface area contributed by atoms with Gasteiger partial charge in [-0.2, -0.15) is 0 Å². The van der Waals surface area contributed by atoms with E-state index in [4.69, 9.17) is 10.5 Å². The number of ether oxygens (including phenoxy) is 1. The number of unbranched alkanes of at least 4 members (excludes halogenated alkanes) is 1. The molecule has 1 atom stereocenters. The quantitative estimate of drug-likeness (QED) is 0.695. The lowest BCUT2D eigenvalue weighted by molar-refractivity contribution is 0.146. The highest BCUT2D eigenvalue weighted by Gasteiger charge is 2.27. The maximum absolute atomic E-state index is 11.2. The molecule has 1 rings (SSSR count). The van der Waals surface area contributed by atoms with Gasteiger partial charge >= 0.3 is 6.09 Å². The number of cyclic esters (lactones) is 1. The van der Waals surface area contributed by atoms with Crippen LogP contribution in [-0.2, 0) is 4.74 Å². The molecule has 4 heteroatoms. The Morgan fingerprint density at radius 2 is 2.46 bits per heavy atom. The summed E-state index contributed by atoms with van der Waals surface area (Å²) in [4.78, 5) is 12.9. The Kier molecular flexibility index (Phi) is 4.02. The van der Waals surface area contributed by atoms with Gasteiger partial charge in [0.15, 0.2) is 0 Å². The van der Waals surface area contributed by atoms with Crippen molar-refractivity contribution in [2.24, 2.45) is 5.73 Å². The van der Waals surface area contributed by atoms with Crippen LogP contribution in [0.15, 0.2) is 0 Å². The summed E-state index contributed by atoms with van der Waals surface area (Å²) in [5.41, 5.74) is 5.61. The Bertz CT molecular complexity index is 173. The molecule has 0 aromatic heterocycles. The monoisotopic (exact) mass is 186 g/mol. The summed E-state index contributed by atoms with van der Waals surface area (Å²) in [6.07, 6.45) is 3.04. The summed E-state index contributed by atoms with van der Waals surface area (Å²) < 4.78 is 4.86. The predicted molar refractivity (Wildman–Crippen MR) is 50.4 cm³/mol. The molecule has 1 fully saturated rings. The van der Waals surface area contributed by atoms with E-state index in [-0.39, 0.29) is 12.1 Å². The van der Waals surface area contributed by atoms with Gasteiger partial charge in [-0.1, -0.05) is 19.8 Å². The van der Waals surface area contributed by atoms with E-state index in [1.165, 1.54) is 0 Å². The van der Waals surface area contributed by atoms with Crippen LogP contribution in [0.5, 0.6) is 0 Å². The molecule has 76 valence electrons. The zero-order valence-electron chi connectivity index (χ0n) is 8.16. The summed E-state index contributed by atoms with van der Waals surface area (Å²) in [5.74, 6) is 0. The van der Waals surface area contributed by atoms with Crippen LogP contribution in [0.1, 0.15) is 26.2 Å². The van der Waals surface area contributed by atoms with Gasteiger partial charge in [-0.05, 0) is 6.42 Å². The minimum absolute atomic E-state index is 0.176. The lowest BCUT2D eigenvalue weighted by Crippen LogP contribution is -2.41. The van der Waals surface area contributed by atoms with Crippen LogP contribution in [0.4, 0.5) is 4.79 Å². The average Bonchev–Trinajstić information content (AvgIpc) is 2.54. The number of hydrogen-bond acceptors (Lipinski definition) is 3. The highest BCUT2D eigenvalue weighted by Crippen LogP contribution is 2.13. The Morgan fingerprint density at radius 3 is 2.92 bits per heavy atom. The molecule has 13 heavy (non-hydrogen) atoms. The number of nitrogens with zero attached hydrogens (tertiary/aromatic N) is 1. The lowest BCUT2D eigenvalue weighted by Gasteiger charge is -2.23. The summed E-state index contributed by atoms with van der Waals surface area (Å²) in [7, 11) is 0. The van der Waals surface area contributed by atoms with Crippen molar-refractivity contribution < 1.29 is 9.53 Å². The van der Waals surface area contributed by atoms with E-state index >= 15 is 0 Å². The number of carbonyl (C=O) groups excluding carboxylic acids is 1. The number of carbonyl (C=O) groups is 1. The van der Waals surface area contributed by atoms with Gasteiger partial charge in [-0.3, -0.25) is 0 Å². The molecule has 0 aliphatic carbocycles. The Morgan fingerprint density at radius 1 is 1.69 bits per heavy atom. The van der Waals surface area contributed by atoms with Crippen LogP contribution in [-0.4, -0.2) is 36.7 Å². The SMILES string of the molecule is CCCCC(CN)N1CCOC1=O. The van der Waals surface area contributed by atoms with Crippen LogP contribution in [0.2, 0.25) is 0 Å². The molecule has 0 spiro atoms. The van der Waals surface area contributed by atoms with Crippen molar-refractivity contribution in [2.45, 2.75) is 32.2 Å². The fourth-order valence-corrected chi connectivity index (χ4v) is 1.58. The van der Waals surface area contributed by atoms with Gasteiger partial charge in [-0.15, -0.1) is 0 Å². The third kappa shape index (κ3) is 2.59. The highest BCUT2D eigenvalue weighted by atomic mass is 16.6. The van der Waals surface area contributed by atoms with Gasteiger partial charge in [0.05, 0.1) is 6.54 Å². The fraction of sp³-hybridized carbons (Fsp3) is 0.889. The summed E-state index contributed by atoms with van der Waals surface area (Å²) in [6.45, 7) is 3.89. The molecule has 0 bridgehead atoms. The Hall–Kier alpha value is -0.770. The van der Waals surface area contributed by atoms with E-state index < -0.39 is 0 Å². The zero-order chi connectivity index (χ0) is 9.68. The van der Waals surface area contributed by atoms with Crippen LogP contribution < -0.4 is 5.73 Å². The number of hydrogen-bond donors (Lipinski definition) is 1. The van der Waals surface area contributed by atoms with E-state index in [1.54, 1.807) is 4.90 Å². The molecule has 2 N–H and O–H groups in total. The van der Waals surface area contributed by atoms with E-state index in [0.717, 1.165) is 19.3 Å². The number of rotatable bonds is 5. The topological polar surface area (TPSA) is 55.6 Å². The first-order chi connectivity index (χ1) is 6.29. The average molecular weight is 186 g/mol. The standard InChI is InChI=1S/C9H18N2O2/c1-2-3-4-8(7-10)11-5-6-13-9(11)12/h8H,2-7,10H2,1H3. The van der Waals surface area contributed by atoms with Gasteiger partial charge in [0.1, 0.15) is 6.61 Å². The van der Waals surface area contributed by atoms with Crippen molar-refractivity contribution in [1.29, 1.82) is 0 Å². The normalized spacial score (nSPS) is 18.9. The molecule has 0 aromatic carbocycles. The Labute approximate surface area is 79.0 Å². The maximum Gasteiger partial charge on any atom is 0.410 e. The van der Waals surface area contributed by atoms with Crippen molar-refractivity contribution in [3.8, 4) is 0 Å². The van der Waals surface area contributed by atoms with Gasteiger partial charge in [0.25, 0.3) is 0 Å². The van der Waals surface area contributed by atoms with E-state index in [1.807, 2.05) is 0 Å². The van der Waals surface area contributed by atoms with Crippen LogP contribution >= 0.6 is 0 Å².